The predicted molar refractivity (Wildman–Crippen MR) is 85.4 cm³/mol. The summed E-state index contributed by atoms with van der Waals surface area (Å²) < 4.78 is 1.02. The molecule has 1 aromatic carbocycles. The summed E-state index contributed by atoms with van der Waals surface area (Å²) in [5, 5.41) is 7.76. The van der Waals surface area contributed by atoms with E-state index in [4.69, 9.17) is 5.73 Å². The predicted octanol–water partition coefficient (Wildman–Crippen LogP) is 1.55. The van der Waals surface area contributed by atoms with E-state index in [2.05, 4.69) is 44.5 Å². The van der Waals surface area contributed by atoms with Gasteiger partial charge in [-0.1, -0.05) is 28.6 Å². The fourth-order valence-corrected chi connectivity index (χ4v) is 3.12. The highest BCUT2D eigenvalue weighted by molar-refractivity contribution is 9.10. The molecule has 0 saturated heterocycles. The normalized spacial score (nSPS) is 20.3. The quantitative estimate of drug-likeness (QED) is 0.642. The van der Waals surface area contributed by atoms with Gasteiger partial charge in [-0.15, -0.1) is 0 Å². The molecular weight excluding hydrogens is 348 g/mol. The van der Waals surface area contributed by atoms with E-state index in [-0.39, 0.29) is 23.1 Å². The third-order valence-corrected chi connectivity index (χ3v) is 4.31. The molecule has 0 unspecified atom stereocenters. The Kier molecular flexibility index (Phi) is 3.66. The van der Waals surface area contributed by atoms with Crippen LogP contribution >= 0.6 is 15.9 Å². The number of hydrogen-bond acceptors (Lipinski definition) is 3. The van der Waals surface area contributed by atoms with E-state index in [1.165, 1.54) is 5.56 Å². The highest BCUT2D eigenvalue weighted by atomic mass is 79.9. The van der Waals surface area contributed by atoms with Gasteiger partial charge in [0, 0.05) is 4.47 Å². The minimum atomic E-state index is -0.514. The first-order valence-corrected chi connectivity index (χ1v) is 7.61. The number of nitrogens with two attached hydrogens (primary N) is 1. The Bertz CT molecular complexity index is 726. The van der Waals surface area contributed by atoms with E-state index >= 15 is 0 Å². The fraction of sp³-hybridized carbons (Fsp3) is 0.200. The molecule has 2 aliphatic rings. The summed E-state index contributed by atoms with van der Waals surface area (Å²) in [6.45, 7) is 3.62. The number of urea groups is 1. The summed E-state index contributed by atoms with van der Waals surface area (Å²) in [4.78, 5) is 23.8. The van der Waals surface area contributed by atoms with E-state index in [0.29, 0.717) is 0 Å². The molecular formula is C15H15BrN4O2. The van der Waals surface area contributed by atoms with Gasteiger partial charge in [0.25, 0.3) is 5.91 Å². The zero-order valence-corrected chi connectivity index (χ0v) is 13.3. The maximum Gasteiger partial charge on any atom is 0.323 e. The zero-order valence-electron chi connectivity index (χ0n) is 11.7. The molecule has 7 heteroatoms. The molecule has 0 radical (unpaired) electrons. The Balaban J connectivity index is 1.81. The lowest BCUT2D eigenvalue weighted by Gasteiger charge is -2.22. The average molecular weight is 363 g/mol. The molecule has 6 nitrogen and oxygen atoms in total. The van der Waals surface area contributed by atoms with Gasteiger partial charge in [0.05, 0.1) is 17.4 Å². The van der Waals surface area contributed by atoms with Crippen molar-refractivity contribution in [3.8, 4) is 0 Å². The molecule has 1 aliphatic heterocycles. The Morgan fingerprint density at radius 3 is 2.95 bits per heavy atom. The van der Waals surface area contributed by atoms with Crippen molar-refractivity contribution in [1.29, 1.82) is 0 Å². The van der Waals surface area contributed by atoms with E-state index in [1.54, 1.807) is 0 Å². The second-order valence-electron chi connectivity index (χ2n) is 5.25. The van der Waals surface area contributed by atoms with Crippen LogP contribution in [0, 0.1) is 0 Å². The first kappa shape index (κ1) is 14.6. The van der Waals surface area contributed by atoms with Crippen LogP contribution in [0.5, 0.6) is 0 Å². The van der Waals surface area contributed by atoms with Gasteiger partial charge in [-0.2, -0.15) is 0 Å². The molecule has 114 valence electrons. The van der Waals surface area contributed by atoms with Gasteiger partial charge in [0.1, 0.15) is 5.70 Å². The highest BCUT2D eigenvalue weighted by Gasteiger charge is 2.28. The van der Waals surface area contributed by atoms with E-state index in [1.807, 2.05) is 12.1 Å². The van der Waals surface area contributed by atoms with Crippen molar-refractivity contribution in [2.75, 3.05) is 0 Å². The lowest BCUT2D eigenvalue weighted by molar-refractivity contribution is -0.118. The molecule has 0 saturated carbocycles. The molecule has 0 fully saturated rings. The standard InChI is InChI=1S/C15H15BrN4O2/c1-7-12(17)13(20-15(22)18-7)14(21)19-11-5-2-8-6-9(16)3-4-10(8)11/h3-4,6,11H,1-2,5,17H2,(H,19,21)(H2,18,20,22)/t11-/m1/s1. The van der Waals surface area contributed by atoms with Crippen molar-refractivity contribution in [3.63, 3.8) is 0 Å². The number of amides is 3. The summed E-state index contributed by atoms with van der Waals surface area (Å²) in [6.07, 6.45) is 1.72. The van der Waals surface area contributed by atoms with Gasteiger partial charge in [0.15, 0.2) is 0 Å². The van der Waals surface area contributed by atoms with Crippen molar-refractivity contribution in [3.05, 3.63) is 57.5 Å². The Morgan fingerprint density at radius 2 is 2.18 bits per heavy atom. The minimum absolute atomic E-state index is 0.0410. The maximum absolute atomic E-state index is 12.4. The van der Waals surface area contributed by atoms with Crippen molar-refractivity contribution in [1.82, 2.24) is 16.0 Å². The monoisotopic (exact) mass is 362 g/mol. The van der Waals surface area contributed by atoms with Crippen LogP contribution in [0.3, 0.4) is 0 Å². The summed E-state index contributed by atoms with van der Waals surface area (Å²) in [5.41, 5.74) is 8.52. The van der Waals surface area contributed by atoms with Gasteiger partial charge >= 0.3 is 6.03 Å². The van der Waals surface area contributed by atoms with E-state index < -0.39 is 11.9 Å². The van der Waals surface area contributed by atoms with Crippen LogP contribution in [-0.4, -0.2) is 11.9 Å². The minimum Gasteiger partial charge on any atom is -0.395 e. The van der Waals surface area contributed by atoms with Gasteiger partial charge in [-0.3, -0.25) is 4.79 Å². The molecule has 22 heavy (non-hydrogen) atoms. The number of fused-ring (bicyclic) bond motifs is 1. The number of hydrogen-bond donors (Lipinski definition) is 4. The van der Waals surface area contributed by atoms with Crippen molar-refractivity contribution < 1.29 is 9.59 Å². The van der Waals surface area contributed by atoms with Crippen LogP contribution in [0.25, 0.3) is 0 Å². The Morgan fingerprint density at radius 1 is 1.41 bits per heavy atom. The molecule has 1 aromatic rings. The van der Waals surface area contributed by atoms with Crippen LogP contribution in [0.2, 0.25) is 0 Å². The molecule has 0 spiro atoms. The molecule has 3 rings (SSSR count). The van der Waals surface area contributed by atoms with Crippen LogP contribution in [0.4, 0.5) is 4.79 Å². The Labute approximate surface area is 136 Å². The molecule has 1 aliphatic carbocycles. The summed E-state index contributed by atoms with van der Waals surface area (Å²) >= 11 is 3.44. The lowest BCUT2D eigenvalue weighted by atomic mass is 10.1. The first-order valence-electron chi connectivity index (χ1n) is 6.82. The van der Waals surface area contributed by atoms with Crippen LogP contribution in [-0.2, 0) is 11.2 Å². The summed E-state index contributed by atoms with van der Waals surface area (Å²) in [6, 6.07) is 5.40. The molecule has 0 aromatic heterocycles. The van der Waals surface area contributed by atoms with Gasteiger partial charge in [0.2, 0.25) is 0 Å². The molecule has 3 amide bonds. The third kappa shape index (κ3) is 2.59. The topological polar surface area (TPSA) is 96.2 Å². The number of aryl methyl sites for hydroxylation is 1. The van der Waals surface area contributed by atoms with E-state index in [0.717, 1.165) is 22.9 Å². The van der Waals surface area contributed by atoms with Crippen molar-refractivity contribution in [2.45, 2.75) is 18.9 Å². The smallest absolute Gasteiger partial charge is 0.323 e. The number of rotatable bonds is 2. The molecule has 1 heterocycles. The van der Waals surface area contributed by atoms with Crippen LogP contribution in [0.15, 0.2) is 46.3 Å². The van der Waals surface area contributed by atoms with Crippen molar-refractivity contribution >= 4 is 27.9 Å². The number of benzene rings is 1. The highest BCUT2D eigenvalue weighted by Crippen LogP contribution is 2.33. The molecule has 1 atom stereocenters. The van der Waals surface area contributed by atoms with Crippen LogP contribution < -0.4 is 21.7 Å². The summed E-state index contributed by atoms with van der Waals surface area (Å²) in [5.74, 6) is -0.408. The van der Waals surface area contributed by atoms with E-state index in [9.17, 15) is 9.59 Å². The second-order valence-corrected chi connectivity index (χ2v) is 6.17. The fourth-order valence-electron chi connectivity index (χ4n) is 2.71. The SMILES string of the molecule is C=C1NC(=O)NC(C(=O)N[C@@H]2CCc3cc(Br)ccc32)=C1N. The number of carbonyl (C=O) groups excluding carboxylic acids is 2. The lowest BCUT2D eigenvalue weighted by Crippen LogP contribution is -2.47. The molecule has 5 N–H and O–H groups in total. The number of carbonyl (C=O) groups is 2. The first-order chi connectivity index (χ1) is 10.5. The number of halogens is 1. The second kappa shape index (κ2) is 5.49. The maximum atomic E-state index is 12.4. The Hall–Kier alpha value is -2.28. The largest absolute Gasteiger partial charge is 0.395 e. The van der Waals surface area contributed by atoms with Gasteiger partial charge in [-0.05, 0) is 36.1 Å². The average Bonchev–Trinajstić information content (AvgIpc) is 2.84. The third-order valence-electron chi connectivity index (χ3n) is 3.81. The van der Waals surface area contributed by atoms with Crippen molar-refractivity contribution in [2.24, 2.45) is 5.73 Å². The zero-order chi connectivity index (χ0) is 15.9. The summed E-state index contributed by atoms with van der Waals surface area (Å²) in [7, 11) is 0. The van der Waals surface area contributed by atoms with Gasteiger partial charge in [-0.25, -0.2) is 4.79 Å². The van der Waals surface area contributed by atoms with Crippen LogP contribution in [0.1, 0.15) is 23.6 Å². The molecule has 0 bridgehead atoms. The number of nitrogens with one attached hydrogen (secondary N) is 3. The van der Waals surface area contributed by atoms with Gasteiger partial charge < -0.3 is 21.7 Å².